The van der Waals surface area contributed by atoms with Crippen LogP contribution in [0.3, 0.4) is 0 Å². The lowest BCUT2D eigenvalue weighted by Crippen LogP contribution is -2.49. The molecule has 2 rings (SSSR count). The van der Waals surface area contributed by atoms with E-state index in [1.807, 2.05) is 12.1 Å². The van der Waals surface area contributed by atoms with Crippen LogP contribution in [0, 0.1) is 0 Å². The zero-order chi connectivity index (χ0) is 17.2. The van der Waals surface area contributed by atoms with E-state index < -0.39 is 0 Å². The van der Waals surface area contributed by atoms with Crippen molar-refractivity contribution in [3.05, 3.63) is 23.9 Å². The van der Waals surface area contributed by atoms with Gasteiger partial charge in [-0.05, 0) is 19.9 Å². The molecular weight excluding hydrogens is 306 g/mol. The standard InChI is InChI=1S/C17H29N5O2/c1-4-18-17(20-12-14(2)22-8-10-24-11-9-22)21-13-15-6-5-7-19-16(15)23-3/h5-7,14H,4,8-13H2,1-3H3,(H2,18,20,21). The Hall–Kier alpha value is -1.86. The minimum absolute atomic E-state index is 0.436. The molecule has 1 atom stereocenters. The Bertz CT molecular complexity index is 517. The van der Waals surface area contributed by atoms with E-state index in [1.165, 1.54) is 0 Å². The van der Waals surface area contributed by atoms with Gasteiger partial charge in [-0.3, -0.25) is 4.90 Å². The lowest BCUT2D eigenvalue weighted by molar-refractivity contribution is 0.0211. The number of rotatable bonds is 7. The first kappa shape index (κ1) is 18.5. The first-order chi connectivity index (χ1) is 11.7. The van der Waals surface area contributed by atoms with E-state index in [0.29, 0.717) is 18.5 Å². The maximum Gasteiger partial charge on any atom is 0.218 e. The molecule has 134 valence electrons. The molecule has 2 N–H and O–H groups in total. The maximum absolute atomic E-state index is 5.41. The van der Waals surface area contributed by atoms with E-state index >= 15 is 0 Å². The number of guanidine groups is 1. The fourth-order valence-corrected chi connectivity index (χ4v) is 2.63. The van der Waals surface area contributed by atoms with E-state index in [1.54, 1.807) is 13.3 Å². The molecule has 1 fully saturated rings. The Morgan fingerprint density at radius 3 is 2.92 bits per heavy atom. The number of nitrogens with zero attached hydrogens (tertiary/aromatic N) is 3. The molecule has 1 aromatic heterocycles. The number of hydrogen-bond acceptors (Lipinski definition) is 5. The molecule has 2 heterocycles. The predicted octanol–water partition coefficient (Wildman–Crippen LogP) is 0.866. The van der Waals surface area contributed by atoms with Crippen molar-refractivity contribution >= 4 is 5.96 Å². The maximum atomic E-state index is 5.41. The summed E-state index contributed by atoms with van der Waals surface area (Å²) >= 11 is 0. The summed E-state index contributed by atoms with van der Waals surface area (Å²) in [5.74, 6) is 1.43. The van der Waals surface area contributed by atoms with Gasteiger partial charge in [-0.25, -0.2) is 9.98 Å². The van der Waals surface area contributed by atoms with Crippen molar-refractivity contribution in [2.45, 2.75) is 26.4 Å². The van der Waals surface area contributed by atoms with Crippen LogP contribution in [-0.2, 0) is 11.3 Å². The fraction of sp³-hybridized carbons (Fsp3) is 0.647. The molecule has 0 saturated carbocycles. The molecule has 0 radical (unpaired) electrons. The van der Waals surface area contributed by atoms with Crippen molar-refractivity contribution in [2.24, 2.45) is 4.99 Å². The molecule has 7 nitrogen and oxygen atoms in total. The van der Waals surface area contributed by atoms with E-state index in [2.05, 4.69) is 39.4 Å². The second-order valence-electron chi connectivity index (χ2n) is 5.75. The van der Waals surface area contributed by atoms with Gasteiger partial charge in [0, 0.05) is 44.0 Å². The van der Waals surface area contributed by atoms with Gasteiger partial charge in [0.2, 0.25) is 5.88 Å². The Kier molecular flexibility index (Phi) is 7.77. The van der Waals surface area contributed by atoms with Crippen LogP contribution in [0.1, 0.15) is 19.4 Å². The minimum Gasteiger partial charge on any atom is -0.481 e. The molecule has 1 aromatic rings. The molecule has 0 aromatic carbocycles. The number of morpholine rings is 1. The molecule has 0 spiro atoms. The summed E-state index contributed by atoms with van der Waals surface area (Å²) in [6, 6.07) is 4.31. The average Bonchev–Trinajstić information content (AvgIpc) is 2.64. The van der Waals surface area contributed by atoms with Crippen LogP contribution in [0.15, 0.2) is 23.3 Å². The number of ether oxygens (including phenoxy) is 2. The summed E-state index contributed by atoms with van der Waals surface area (Å²) in [5.41, 5.74) is 0.971. The molecule has 1 aliphatic heterocycles. The van der Waals surface area contributed by atoms with Crippen molar-refractivity contribution in [3.63, 3.8) is 0 Å². The van der Waals surface area contributed by atoms with Gasteiger partial charge in [-0.1, -0.05) is 6.07 Å². The number of methoxy groups -OCH3 is 1. The highest BCUT2D eigenvalue weighted by atomic mass is 16.5. The van der Waals surface area contributed by atoms with Crippen molar-refractivity contribution in [2.75, 3.05) is 46.5 Å². The van der Waals surface area contributed by atoms with Gasteiger partial charge in [0.05, 0.1) is 26.9 Å². The van der Waals surface area contributed by atoms with Gasteiger partial charge in [0.15, 0.2) is 5.96 Å². The number of aromatic nitrogens is 1. The van der Waals surface area contributed by atoms with E-state index in [4.69, 9.17) is 9.47 Å². The van der Waals surface area contributed by atoms with Gasteiger partial charge in [-0.15, -0.1) is 0 Å². The number of aliphatic imine (C=N–C) groups is 1. The van der Waals surface area contributed by atoms with E-state index in [-0.39, 0.29) is 0 Å². The summed E-state index contributed by atoms with van der Waals surface area (Å²) in [6.07, 6.45) is 1.72. The van der Waals surface area contributed by atoms with Crippen molar-refractivity contribution in [3.8, 4) is 5.88 Å². The molecule has 0 aliphatic carbocycles. The van der Waals surface area contributed by atoms with E-state index in [9.17, 15) is 0 Å². The second kappa shape index (κ2) is 10.1. The number of hydrogen-bond donors (Lipinski definition) is 2. The average molecular weight is 335 g/mol. The highest BCUT2D eigenvalue weighted by molar-refractivity contribution is 5.79. The summed E-state index contributed by atoms with van der Waals surface area (Å²) in [7, 11) is 1.63. The normalized spacial score (nSPS) is 17.4. The Morgan fingerprint density at radius 2 is 2.21 bits per heavy atom. The molecule has 1 aliphatic rings. The molecule has 24 heavy (non-hydrogen) atoms. The molecule has 1 unspecified atom stereocenters. The van der Waals surface area contributed by atoms with Crippen LogP contribution in [0.2, 0.25) is 0 Å². The molecule has 7 heteroatoms. The Balaban J connectivity index is 1.90. The summed E-state index contributed by atoms with van der Waals surface area (Å²) in [5, 5.41) is 6.70. The molecule has 0 amide bonds. The first-order valence-corrected chi connectivity index (χ1v) is 8.56. The van der Waals surface area contributed by atoms with Gasteiger partial charge < -0.3 is 20.1 Å². The fourth-order valence-electron chi connectivity index (χ4n) is 2.63. The second-order valence-corrected chi connectivity index (χ2v) is 5.75. The van der Waals surface area contributed by atoms with Crippen molar-refractivity contribution in [1.82, 2.24) is 20.5 Å². The molecular formula is C17H29N5O2. The quantitative estimate of drug-likeness (QED) is 0.569. The van der Waals surface area contributed by atoms with Gasteiger partial charge in [0.25, 0.3) is 0 Å². The van der Waals surface area contributed by atoms with Crippen LogP contribution in [0.4, 0.5) is 0 Å². The third-order valence-electron chi connectivity index (χ3n) is 4.03. The van der Waals surface area contributed by atoms with Crippen LogP contribution in [0.5, 0.6) is 5.88 Å². The smallest absolute Gasteiger partial charge is 0.218 e. The third-order valence-corrected chi connectivity index (χ3v) is 4.03. The summed E-state index contributed by atoms with van der Waals surface area (Å²) in [4.78, 5) is 11.3. The van der Waals surface area contributed by atoms with Crippen molar-refractivity contribution < 1.29 is 9.47 Å². The first-order valence-electron chi connectivity index (χ1n) is 8.56. The Labute approximate surface area is 144 Å². The lowest BCUT2D eigenvalue weighted by atomic mass is 10.2. The van der Waals surface area contributed by atoms with Gasteiger partial charge in [-0.2, -0.15) is 0 Å². The SMILES string of the molecule is CCNC(=NCc1cccnc1OC)NCC(C)N1CCOCC1. The largest absolute Gasteiger partial charge is 0.481 e. The van der Waals surface area contributed by atoms with E-state index in [0.717, 1.165) is 50.9 Å². The van der Waals surface area contributed by atoms with Crippen LogP contribution < -0.4 is 15.4 Å². The van der Waals surface area contributed by atoms with Crippen LogP contribution in [0.25, 0.3) is 0 Å². The van der Waals surface area contributed by atoms with Crippen molar-refractivity contribution in [1.29, 1.82) is 0 Å². The van der Waals surface area contributed by atoms with Gasteiger partial charge >= 0.3 is 0 Å². The minimum atomic E-state index is 0.436. The summed E-state index contributed by atoms with van der Waals surface area (Å²) < 4.78 is 10.7. The zero-order valence-corrected chi connectivity index (χ0v) is 14.9. The van der Waals surface area contributed by atoms with Crippen LogP contribution >= 0.6 is 0 Å². The highest BCUT2D eigenvalue weighted by Crippen LogP contribution is 2.14. The summed E-state index contributed by atoms with van der Waals surface area (Å²) in [6.45, 7) is 10.1. The molecule has 0 bridgehead atoms. The topological polar surface area (TPSA) is 71.0 Å². The zero-order valence-electron chi connectivity index (χ0n) is 14.9. The van der Waals surface area contributed by atoms with Crippen LogP contribution in [-0.4, -0.2) is 68.4 Å². The molecule has 1 saturated heterocycles. The highest BCUT2D eigenvalue weighted by Gasteiger charge is 2.17. The Morgan fingerprint density at radius 1 is 1.42 bits per heavy atom. The monoisotopic (exact) mass is 335 g/mol. The lowest BCUT2D eigenvalue weighted by Gasteiger charge is -2.32. The number of nitrogens with one attached hydrogen (secondary N) is 2. The number of pyridine rings is 1. The predicted molar refractivity (Wildman–Crippen MR) is 95.5 cm³/mol. The third kappa shape index (κ3) is 5.65. The van der Waals surface area contributed by atoms with Gasteiger partial charge in [0.1, 0.15) is 0 Å².